The SMILES string of the molecule is CCOC(=O)C1=C(C(=O)OCC)C2CCC1S2. The van der Waals surface area contributed by atoms with Crippen LogP contribution in [-0.2, 0) is 19.1 Å². The molecule has 0 amide bonds. The molecule has 5 heteroatoms. The van der Waals surface area contributed by atoms with Crippen LogP contribution in [0.25, 0.3) is 0 Å². The van der Waals surface area contributed by atoms with Crippen LogP contribution in [-0.4, -0.2) is 35.7 Å². The third-order valence-corrected chi connectivity index (χ3v) is 4.54. The van der Waals surface area contributed by atoms with Gasteiger partial charge in [-0.05, 0) is 26.7 Å². The van der Waals surface area contributed by atoms with E-state index in [1.807, 2.05) is 0 Å². The van der Waals surface area contributed by atoms with Crippen LogP contribution in [0.1, 0.15) is 26.7 Å². The minimum Gasteiger partial charge on any atom is -0.463 e. The molecule has 0 aliphatic carbocycles. The molecule has 2 rings (SSSR count). The summed E-state index contributed by atoms with van der Waals surface area (Å²) in [5.41, 5.74) is 1.10. The van der Waals surface area contributed by atoms with Crippen LogP contribution in [0.2, 0.25) is 0 Å². The van der Waals surface area contributed by atoms with Crippen LogP contribution < -0.4 is 0 Å². The molecule has 0 N–H and O–H groups in total. The minimum absolute atomic E-state index is 0.124. The van der Waals surface area contributed by atoms with Crippen LogP contribution in [0.3, 0.4) is 0 Å². The maximum absolute atomic E-state index is 11.9. The smallest absolute Gasteiger partial charge is 0.335 e. The number of carbonyl (C=O) groups excluding carboxylic acids is 2. The molecule has 0 saturated carbocycles. The van der Waals surface area contributed by atoms with Gasteiger partial charge in [0, 0.05) is 10.5 Å². The molecule has 2 aliphatic heterocycles. The number of carbonyl (C=O) groups is 2. The van der Waals surface area contributed by atoms with Crippen LogP contribution in [0.15, 0.2) is 11.1 Å². The topological polar surface area (TPSA) is 52.6 Å². The molecule has 1 saturated heterocycles. The second kappa shape index (κ2) is 5.12. The Balaban J connectivity index is 2.27. The second-order valence-electron chi connectivity index (χ2n) is 3.96. The molecule has 1 fully saturated rings. The van der Waals surface area contributed by atoms with Crippen molar-refractivity contribution >= 4 is 23.7 Å². The van der Waals surface area contributed by atoms with Crippen LogP contribution in [0, 0.1) is 0 Å². The minimum atomic E-state index is -0.352. The van der Waals surface area contributed by atoms with Gasteiger partial charge < -0.3 is 9.47 Å². The number of hydrogen-bond donors (Lipinski definition) is 0. The van der Waals surface area contributed by atoms with Gasteiger partial charge >= 0.3 is 11.9 Å². The summed E-state index contributed by atoms with van der Waals surface area (Å²) in [6, 6.07) is 0. The Kier molecular flexibility index (Phi) is 3.76. The Hall–Kier alpha value is -0.970. The fourth-order valence-corrected chi connectivity index (χ4v) is 3.97. The lowest BCUT2D eigenvalue weighted by molar-refractivity contribution is -0.142. The summed E-state index contributed by atoms with van der Waals surface area (Å²) in [4.78, 5) is 23.7. The lowest BCUT2D eigenvalue weighted by Crippen LogP contribution is -2.24. The summed E-state index contributed by atoms with van der Waals surface area (Å²) in [6.07, 6.45) is 1.90. The maximum atomic E-state index is 11.9. The van der Waals surface area contributed by atoms with E-state index in [4.69, 9.17) is 9.47 Å². The third kappa shape index (κ3) is 2.20. The van der Waals surface area contributed by atoms with Gasteiger partial charge in [0.15, 0.2) is 0 Å². The fraction of sp³-hybridized carbons (Fsp3) is 0.667. The van der Waals surface area contributed by atoms with Gasteiger partial charge in [0.2, 0.25) is 0 Å². The number of hydrogen-bond acceptors (Lipinski definition) is 5. The van der Waals surface area contributed by atoms with E-state index in [1.54, 1.807) is 25.6 Å². The molecular weight excluding hydrogens is 240 g/mol. The first-order valence-corrected chi connectivity index (χ1v) is 6.87. The molecule has 2 atom stereocenters. The van der Waals surface area contributed by atoms with Crippen molar-refractivity contribution in [1.29, 1.82) is 0 Å². The molecule has 2 aliphatic rings. The summed E-state index contributed by atoms with van der Waals surface area (Å²) in [6.45, 7) is 4.20. The van der Waals surface area contributed by atoms with Gasteiger partial charge in [-0.1, -0.05) is 0 Å². The second-order valence-corrected chi connectivity index (χ2v) is 5.37. The first kappa shape index (κ1) is 12.5. The standard InChI is InChI=1S/C12H16O4S/c1-3-15-11(13)9-7-5-6-8(17-7)10(9)12(14)16-4-2/h7-8H,3-6H2,1-2H3. The van der Waals surface area contributed by atoms with E-state index < -0.39 is 0 Å². The quantitative estimate of drug-likeness (QED) is 0.716. The molecular formula is C12H16O4S. The Morgan fingerprint density at radius 3 is 1.82 bits per heavy atom. The first-order chi connectivity index (χ1) is 8.19. The van der Waals surface area contributed by atoms with E-state index in [9.17, 15) is 9.59 Å². The molecule has 0 radical (unpaired) electrons. The van der Waals surface area contributed by atoms with E-state index in [0.717, 1.165) is 12.8 Å². The highest BCUT2D eigenvalue weighted by atomic mass is 32.2. The largest absolute Gasteiger partial charge is 0.463 e. The van der Waals surface area contributed by atoms with Gasteiger partial charge in [-0.15, -0.1) is 11.8 Å². The van der Waals surface area contributed by atoms with Crippen molar-refractivity contribution in [3.05, 3.63) is 11.1 Å². The van der Waals surface area contributed by atoms with Crippen molar-refractivity contribution in [2.75, 3.05) is 13.2 Å². The molecule has 0 spiro atoms. The van der Waals surface area contributed by atoms with Crippen molar-refractivity contribution in [3.63, 3.8) is 0 Å². The Labute approximate surface area is 105 Å². The molecule has 0 aromatic heterocycles. The summed E-state index contributed by atoms with van der Waals surface area (Å²) >= 11 is 1.68. The molecule has 0 aromatic rings. The molecule has 0 aromatic carbocycles. The highest BCUT2D eigenvalue weighted by molar-refractivity contribution is 8.01. The third-order valence-electron chi connectivity index (χ3n) is 2.94. The van der Waals surface area contributed by atoms with E-state index >= 15 is 0 Å². The van der Waals surface area contributed by atoms with Crippen LogP contribution in [0.4, 0.5) is 0 Å². The van der Waals surface area contributed by atoms with Crippen molar-refractivity contribution in [2.45, 2.75) is 37.2 Å². The van der Waals surface area contributed by atoms with Crippen molar-refractivity contribution in [2.24, 2.45) is 0 Å². The summed E-state index contributed by atoms with van der Waals surface area (Å²) in [5, 5.41) is 0.247. The monoisotopic (exact) mass is 256 g/mol. The predicted octanol–water partition coefficient (Wildman–Crippen LogP) is 1.69. The lowest BCUT2D eigenvalue weighted by Gasteiger charge is -2.16. The lowest BCUT2D eigenvalue weighted by atomic mass is 9.92. The normalized spacial score (nSPS) is 26.2. The summed E-state index contributed by atoms with van der Waals surface area (Å²) < 4.78 is 10.0. The zero-order valence-electron chi connectivity index (χ0n) is 10.0. The number of esters is 2. The molecule has 94 valence electrons. The number of thioether (sulfide) groups is 1. The average molecular weight is 256 g/mol. The highest BCUT2D eigenvalue weighted by Crippen LogP contribution is 2.50. The summed E-state index contributed by atoms with van der Waals surface area (Å²) in [5.74, 6) is -0.703. The predicted molar refractivity (Wildman–Crippen MR) is 64.7 cm³/mol. The Morgan fingerprint density at radius 2 is 1.47 bits per heavy atom. The van der Waals surface area contributed by atoms with E-state index in [0.29, 0.717) is 24.4 Å². The average Bonchev–Trinajstić information content (AvgIpc) is 2.89. The van der Waals surface area contributed by atoms with E-state index in [2.05, 4.69) is 0 Å². The molecule has 2 bridgehead atoms. The zero-order chi connectivity index (χ0) is 12.4. The molecule has 17 heavy (non-hydrogen) atoms. The zero-order valence-corrected chi connectivity index (χ0v) is 10.8. The highest BCUT2D eigenvalue weighted by Gasteiger charge is 2.46. The van der Waals surface area contributed by atoms with Gasteiger partial charge in [0.05, 0.1) is 24.4 Å². The van der Waals surface area contributed by atoms with Crippen molar-refractivity contribution in [3.8, 4) is 0 Å². The van der Waals surface area contributed by atoms with Crippen LogP contribution in [0.5, 0.6) is 0 Å². The molecule has 2 unspecified atom stereocenters. The van der Waals surface area contributed by atoms with Gasteiger partial charge in [-0.3, -0.25) is 0 Å². The van der Waals surface area contributed by atoms with E-state index in [1.165, 1.54) is 0 Å². The van der Waals surface area contributed by atoms with Gasteiger partial charge in [0.25, 0.3) is 0 Å². The van der Waals surface area contributed by atoms with Crippen LogP contribution >= 0.6 is 11.8 Å². The fourth-order valence-electron chi connectivity index (χ4n) is 2.31. The van der Waals surface area contributed by atoms with Gasteiger partial charge in [0.1, 0.15) is 0 Å². The van der Waals surface area contributed by atoms with Crippen molar-refractivity contribution < 1.29 is 19.1 Å². The number of ether oxygens (including phenoxy) is 2. The van der Waals surface area contributed by atoms with E-state index in [-0.39, 0.29) is 22.4 Å². The van der Waals surface area contributed by atoms with Gasteiger partial charge in [-0.2, -0.15) is 0 Å². The number of fused-ring (bicyclic) bond motifs is 2. The molecule has 2 heterocycles. The molecule has 4 nitrogen and oxygen atoms in total. The number of rotatable bonds is 4. The Morgan fingerprint density at radius 1 is 1.06 bits per heavy atom. The van der Waals surface area contributed by atoms with Crippen molar-refractivity contribution in [1.82, 2.24) is 0 Å². The first-order valence-electron chi connectivity index (χ1n) is 5.92. The summed E-state index contributed by atoms with van der Waals surface area (Å²) in [7, 11) is 0. The Bertz CT molecular complexity index is 341. The van der Waals surface area contributed by atoms with Gasteiger partial charge in [-0.25, -0.2) is 9.59 Å². The maximum Gasteiger partial charge on any atom is 0.335 e.